The predicted octanol–water partition coefficient (Wildman–Crippen LogP) is 2.37. The molecule has 1 aromatic carbocycles. The summed E-state index contributed by atoms with van der Waals surface area (Å²) < 4.78 is 3.24. The Bertz CT molecular complexity index is 959. The van der Waals surface area contributed by atoms with Crippen LogP contribution in [-0.2, 0) is 6.54 Å². The Hall–Kier alpha value is -2.76. The fourth-order valence-corrected chi connectivity index (χ4v) is 2.98. The van der Waals surface area contributed by atoms with Gasteiger partial charge in [0.1, 0.15) is 0 Å². The van der Waals surface area contributed by atoms with E-state index in [0.29, 0.717) is 12.2 Å². The van der Waals surface area contributed by atoms with Crippen LogP contribution in [0.1, 0.15) is 28.3 Å². The van der Waals surface area contributed by atoms with Gasteiger partial charge in [-0.05, 0) is 26.8 Å². The van der Waals surface area contributed by atoms with E-state index in [9.17, 15) is 9.59 Å². The molecule has 6 nitrogen and oxygen atoms in total. The molecule has 3 rings (SSSR count). The zero-order valence-electron chi connectivity index (χ0n) is 13.5. The van der Waals surface area contributed by atoms with Gasteiger partial charge in [-0.2, -0.15) is 0 Å². The number of aromatic nitrogens is 3. The highest BCUT2D eigenvalue weighted by atomic mass is 16.2. The molecule has 23 heavy (non-hydrogen) atoms. The summed E-state index contributed by atoms with van der Waals surface area (Å²) in [5.74, 6) is -0.0689. The van der Waals surface area contributed by atoms with Crippen LogP contribution >= 0.6 is 0 Å². The van der Waals surface area contributed by atoms with Crippen LogP contribution in [0.25, 0.3) is 10.9 Å². The predicted molar refractivity (Wildman–Crippen MR) is 90.9 cm³/mol. The minimum absolute atomic E-state index is 0.0689. The smallest absolute Gasteiger partial charge is 0.325 e. The van der Waals surface area contributed by atoms with E-state index in [0.717, 1.165) is 28.0 Å². The van der Waals surface area contributed by atoms with Gasteiger partial charge in [-0.3, -0.25) is 13.9 Å². The fourth-order valence-electron chi connectivity index (χ4n) is 2.98. The van der Waals surface area contributed by atoms with E-state index >= 15 is 0 Å². The van der Waals surface area contributed by atoms with Crippen LogP contribution in [-0.4, -0.2) is 20.0 Å². The minimum Gasteiger partial charge on any atom is -0.397 e. The fraction of sp³-hybridized carbons (Fsp3) is 0.294. The molecule has 120 valence electrons. The molecule has 2 aromatic heterocycles. The van der Waals surface area contributed by atoms with Crippen LogP contribution in [0.5, 0.6) is 0 Å². The van der Waals surface area contributed by atoms with Crippen LogP contribution in [0.15, 0.2) is 29.1 Å². The molecule has 0 saturated carbocycles. The first-order valence-corrected chi connectivity index (χ1v) is 7.56. The van der Waals surface area contributed by atoms with E-state index < -0.39 is 0 Å². The summed E-state index contributed by atoms with van der Waals surface area (Å²) in [5.41, 5.74) is 9.78. The quantitative estimate of drug-likeness (QED) is 0.778. The molecule has 0 atom stereocenters. The number of H-pyrrole nitrogens is 1. The van der Waals surface area contributed by atoms with Crippen molar-refractivity contribution in [2.45, 2.75) is 33.7 Å². The molecule has 0 unspecified atom stereocenters. The lowest BCUT2D eigenvalue weighted by Gasteiger charge is -2.08. The number of nitrogens with two attached hydrogens (primary N) is 1. The van der Waals surface area contributed by atoms with Crippen molar-refractivity contribution in [1.82, 2.24) is 14.1 Å². The van der Waals surface area contributed by atoms with E-state index in [1.807, 2.05) is 45.0 Å². The molecule has 3 aromatic rings. The van der Waals surface area contributed by atoms with Gasteiger partial charge >= 0.3 is 5.69 Å². The number of nitrogen functional groups attached to an aromatic ring is 1. The molecule has 6 heteroatoms. The van der Waals surface area contributed by atoms with Gasteiger partial charge in [0.05, 0.1) is 11.2 Å². The number of anilines is 1. The molecule has 0 saturated heterocycles. The van der Waals surface area contributed by atoms with Gasteiger partial charge in [-0.15, -0.1) is 0 Å². The van der Waals surface area contributed by atoms with Crippen LogP contribution < -0.4 is 11.4 Å². The zero-order chi connectivity index (χ0) is 16.7. The van der Waals surface area contributed by atoms with Crippen molar-refractivity contribution in [2.75, 3.05) is 5.73 Å². The average Bonchev–Trinajstić information content (AvgIpc) is 2.92. The minimum atomic E-state index is -0.179. The van der Waals surface area contributed by atoms with Crippen molar-refractivity contribution >= 4 is 22.5 Å². The SMILES string of the molecule is Cc1[nH]c(=O)n(CCC(=O)n2c(C)c(N)c3ccccc32)c1C. The topological polar surface area (TPSA) is 85.8 Å². The van der Waals surface area contributed by atoms with E-state index in [1.54, 1.807) is 9.13 Å². The number of carbonyl (C=O) groups excluding carboxylic acids is 1. The van der Waals surface area contributed by atoms with Crippen molar-refractivity contribution in [3.05, 3.63) is 51.8 Å². The summed E-state index contributed by atoms with van der Waals surface area (Å²) in [6.07, 6.45) is 0.233. The molecule has 2 heterocycles. The first-order chi connectivity index (χ1) is 10.9. The maximum Gasteiger partial charge on any atom is 0.325 e. The number of para-hydroxylation sites is 1. The molecule has 3 N–H and O–H groups in total. The van der Waals surface area contributed by atoms with Crippen molar-refractivity contribution < 1.29 is 4.79 Å². The third-order valence-corrected chi connectivity index (χ3v) is 4.45. The van der Waals surface area contributed by atoms with Gasteiger partial charge in [0.25, 0.3) is 0 Å². The molecule has 0 radical (unpaired) electrons. The number of nitrogens with zero attached hydrogens (tertiary/aromatic N) is 2. The van der Waals surface area contributed by atoms with E-state index in [-0.39, 0.29) is 18.0 Å². The first kappa shape index (κ1) is 15.1. The number of aromatic amines is 1. The van der Waals surface area contributed by atoms with Gasteiger partial charge in [-0.1, -0.05) is 18.2 Å². The molecular weight excluding hydrogens is 292 g/mol. The number of aryl methyl sites for hydroxylation is 1. The number of fused-ring (bicyclic) bond motifs is 1. The summed E-state index contributed by atoms with van der Waals surface area (Å²) in [4.78, 5) is 27.3. The highest BCUT2D eigenvalue weighted by Crippen LogP contribution is 2.28. The number of carbonyl (C=O) groups is 1. The van der Waals surface area contributed by atoms with Crippen LogP contribution in [0, 0.1) is 20.8 Å². The normalized spacial score (nSPS) is 11.3. The number of hydrogen-bond acceptors (Lipinski definition) is 3. The van der Waals surface area contributed by atoms with Gasteiger partial charge in [-0.25, -0.2) is 4.79 Å². The molecule has 0 fully saturated rings. The van der Waals surface area contributed by atoms with Crippen molar-refractivity contribution in [3.63, 3.8) is 0 Å². The van der Waals surface area contributed by atoms with Gasteiger partial charge in [0.15, 0.2) is 0 Å². The Morgan fingerprint density at radius 1 is 1.17 bits per heavy atom. The van der Waals surface area contributed by atoms with Crippen LogP contribution in [0.3, 0.4) is 0 Å². The van der Waals surface area contributed by atoms with Gasteiger partial charge in [0, 0.05) is 35.4 Å². The van der Waals surface area contributed by atoms with Gasteiger partial charge in [0.2, 0.25) is 5.91 Å². The molecule has 0 amide bonds. The Morgan fingerprint density at radius 2 is 1.87 bits per heavy atom. The second kappa shape index (κ2) is 5.46. The second-order valence-corrected chi connectivity index (χ2v) is 5.79. The Labute approximate surface area is 133 Å². The van der Waals surface area contributed by atoms with E-state index in [2.05, 4.69) is 4.98 Å². The lowest BCUT2D eigenvalue weighted by molar-refractivity contribution is 0.0900. The maximum atomic E-state index is 12.7. The molecule has 0 aliphatic heterocycles. The van der Waals surface area contributed by atoms with Crippen LogP contribution in [0.4, 0.5) is 5.69 Å². The standard InChI is InChI=1S/C17H20N4O2/c1-10-11(2)20(17(23)19-10)9-8-15(22)21-12(3)16(18)13-6-4-5-7-14(13)21/h4-7H,8-9,18H2,1-3H3,(H,19,23). The number of hydrogen-bond donors (Lipinski definition) is 2. The average molecular weight is 312 g/mol. The molecule has 0 aliphatic carbocycles. The monoisotopic (exact) mass is 312 g/mol. The Balaban J connectivity index is 1.93. The van der Waals surface area contributed by atoms with Crippen molar-refractivity contribution in [2.24, 2.45) is 0 Å². The number of rotatable bonds is 3. The Kier molecular flexibility index (Phi) is 3.60. The summed E-state index contributed by atoms with van der Waals surface area (Å²) in [5, 5.41) is 0.879. The lowest BCUT2D eigenvalue weighted by atomic mass is 10.2. The number of imidazole rings is 1. The number of benzene rings is 1. The van der Waals surface area contributed by atoms with E-state index in [4.69, 9.17) is 5.73 Å². The maximum absolute atomic E-state index is 12.7. The van der Waals surface area contributed by atoms with Crippen LogP contribution in [0.2, 0.25) is 0 Å². The molecular formula is C17H20N4O2. The third kappa shape index (κ3) is 2.36. The highest BCUT2D eigenvalue weighted by Gasteiger charge is 2.17. The van der Waals surface area contributed by atoms with Gasteiger partial charge < -0.3 is 10.7 Å². The van der Waals surface area contributed by atoms with E-state index in [1.165, 1.54) is 0 Å². The highest BCUT2D eigenvalue weighted by molar-refractivity contribution is 6.01. The summed E-state index contributed by atoms with van der Waals surface area (Å²) in [7, 11) is 0. The Morgan fingerprint density at radius 3 is 2.52 bits per heavy atom. The largest absolute Gasteiger partial charge is 0.397 e. The van der Waals surface area contributed by atoms with Crippen molar-refractivity contribution in [1.29, 1.82) is 0 Å². The summed E-state index contributed by atoms with van der Waals surface area (Å²) in [6.45, 7) is 5.90. The molecule has 0 bridgehead atoms. The second-order valence-electron chi connectivity index (χ2n) is 5.79. The molecule has 0 spiro atoms. The summed E-state index contributed by atoms with van der Waals surface area (Å²) >= 11 is 0. The lowest BCUT2D eigenvalue weighted by Crippen LogP contribution is -2.22. The first-order valence-electron chi connectivity index (χ1n) is 7.56. The number of nitrogens with one attached hydrogen (secondary N) is 1. The third-order valence-electron chi connectivity index (χ3n) is 4.45. The summed E-state index contributed by atoms with van der Waals surface area (Å²) in [6, 6.07) is 7.58. The molecule has 0 aliphatic rings. The zero-order valence-corrected chi connectivity index (χ0v) is 13.5. The van der Waals surface area contributed by atoms with Crippen molar-refractivity contribution in [3.8, 4) is 0 Å².